The van der Waals surface area contributed by atoms with Gasteiger partial charge in [0, 0.05) is 42.2 Å². The van der Waals surface area contributed by atoms with Gasteiger partial charge < -0.3 is 23.8 Å². The van der Waals surface area contributed by atoms with Crippen molar-refractivity contribution in [1.29, 1.82) is 0 Å². The summed E-state index contributed by atoms with van der Waals surface area (Å²) in [6.45, 7) is 5.13. The summed E-state index contributed by atoms with van der Waals surface area (Å²) >= 11 is 0. The Hall–Kier alpha value is -3.93. The molecule has 3 aromatic rings. The Morgan fingerprint density at radius 2 is 1.72 bits per heavy atom. The van der Waals surface area contributed by atoms with Crippen molar-refractivity contribution in [3.63, 3.8) is 0 Å². The highest BCUT2D eigenvalue weighted by Crippen LogP contribution is 2.60. The van der Waals surface area contributed by atoms with Gasteiger partial charge in [0.15, 0.2) is 5.60 Å². The van der Waals surface area contributed by atoms with Gasteiger partial charge in [0.2, 0.25) is 14.3 Å². The minimum Gasteiger partial charge on any atom is -0.395 e. The molecule has 4 atom stereocenters. The zero-order chi connectivity index (χ0) is 30.9. The number of hydrogen-bond donors (Lipinski definition) is 1. The van der Waals surface area contributed by atoms with Crippen molar-refractivity contribution in [2.45, 2.75) is 56.8 Å². The van der Waals surface area contributed by atoms with Crippen LogP contribution in [0.25, 0.3) is 0 Å². The number of carbonyl (C=O) groups excluding carboxylic acids is 2. The molecule has 0 aliphatic carbocycles. The lowest BCUT2D eigenvalue weighted by Gasteiger charge is -2.31. The molecule has 2 aliphatic heterocycles. The number of ether oxygens (including phenoxy) is 1. The van der Waals surface area contributed by atoms with Crippen LogP contribution in [0.1, 0.15) is 30.0 Å². The summed E-state index contributed by atoms with van der Waals surface area (Å²) in [5.74, 6) is -1.46. The monoisotopic (exact) mass is 605 g/mol. The molecule has 0 radical (unpaired) electrons. The first-order chi connectivity index (χ1) is 20.5. The Morgan fingerprint density at radius 1 is 1.09 bits per heavy atom. The topological polar surface area (TPSA) is 113 Å². The number of amides is 2. The van der Waals surface area contributed by atoms with E-state index in [4.69, 9.17) is 4.74 Å². The van der Waals surface area contributed by atoms with E-state index in [9.17, 15) is 24.8 Å². The van der Waals surface area contributed by atoms with E-state index in [0.717, 1.165) is 11.1 Å². The number of nitro benzene ring substituents is 1. The van der Waals surface area contributed by atoms with Crippen molar-refractivity contribution in [3.05, 3.63) is 106 Å². The molecule has 0 saturated carbocycles. The van der Waals surface area contributed by atoms with Crippen LogP contribution >= 0.6 is 0 Å². The highest BCUT2D eigenvalue weighted by molar-refractivity contribution is 6.72. The van der Waals surface area contributed by atoms with Gasteiger partial charge in [-0.25, -0.2) is 0 Å². The number of anilines is 1. The van der Waals surface area contributed by atoms with Gasteiger partial charge in [-0.15, -0.1) is 0 Å². The van der Waals surface area contributed by atoms with Gasteiger partial charge in [0.25, 0.3) is 11.6 Å². The first-order valence-electron chi connectivity index (χ1n) is 14.4. The molecule has 0 bridgehead atoms. The molecule has 3 aromatic carbocycles. The van der Waals surface area contributed by atoms with E-state index in [1.54, 1.807) is 31.0 Å². The lowest BCUT2D eigenvalue weighted by molar-refractivity contribution is -0.385. The van der Waals surface area contributed by atoms with E-state index in [0.29, 0.717) is 11.3 Å². The molecular formula is C32H36FN3O6Si. The molecule has 1 fully saturated rings. The van der Waals surface area contributed by atoms with Gasteiger partial charge in [-0.1, -0.05) is 67.6 Å². The van der Waals surface area contributed by atoms with E-state index < -0.39 is 42.4 Å². The van der Waals surface area contributed by atoms with Crippen LogP contribution in [0.15, 0.2) is 78.9 Å². The molecule has 1 spiro atoms. The highest BCUT2D eigenvalue weighted by Gasteiger charge is 2.67. The molecule has 5 rings (SSSR count). The Morgan fingerprint density at radius 3 is 2.30 bits per heavy atom. The third-order valence-electron chi connectivity index (χ3n) is 8.65. The molecule has 2 heterocycles. The fraction of sp³-hybridized carbons (Fsp3) is 0.375. The molecule has 1 N–H and O–H groups in total. The van der Waals surface area contributed by atoms with Crippen LogP contribution in [0.5, 0.6) is 0 Å². The van der Waals surface area contributed by atoms with Gasteiger partial charge in [-0.3, -0.25) is 19.7 Å². The highest BCUT2D eigenvalue weighted by atomic mass is 28.4. The standard InChI is InChI=1S/C32H36FN3O6Si/c1-22-30(43(2,3)33)28(19-29(38)34(16-17-37)20-23-10-6-4-7-11-23)42-32(22)26-18-25(36(40)41)14-15-27(26)35(31(32)39)21-24-12-8-5-9-13-24/h4-15,18,22,28,30,37H,16-17,19-21H2,1-3H3/t22-,28+,30-,32+/m1/s1. The molecular weight excluding hydrogens is 569 g/mol. The Kier molecular flexibility index (Phi) is 8.51. The number of fused-ring (bicyclic) bond motifs is 2. The molecule has 1 saturated heterocycles. The normalized spacial score (nSPS) is 23.0. The van der Waals surface area contributed by atoms with Crippen molar-refractivity contribution >= 4 is 31.6 Å². The van der Waals surface area contributed by atoms with Crippen LogP contribution in [0, 0.1) is 16.0 Å². The Bertz CT molecular complexity index is 1500. The van der Waals surface area contributed by atoms with Crippen LogP contribution < -0.4 is 4.90 Å². The molecule has 9 nitrogen and oxygen atoms in total. The van der Waals surface area contributed by atoms with Crippen LogP contribution in [-0.2, 0) is 33.0 Å². The summed E-state index contributed by atoms with van der Waals surface area (Å²) in [7, 11) is -3.57. The van der Waals surface area contributed by atoms with E-state index in [1.807, 2.05) is 60.7 Å². The molecule has 11 heteroatoms. The largest absolute Gasteiger partial charge is 0.395 e. The number of nitrogens with zero attached hydrogens (tertiary/aromatic N) is 3. The van der Waals surface area contributed by atoms with E-state index in [-0.39, 0.29) is 44.3 Å². The van der Waals surface area contributed by atoms with Crippen molar-refractivity contribution < 1.29 is 28.5 Å². The molecule has 43 heavy (non-hydrogen) atoms. The fourth-order valence-electron chi connectivity index (χ4n) is 6.79. The van der Waals surface area contributed by atoms with Gasteiger partial charge in [-0.2, -0.15) is 0 Å². The van der Waals surface area contributed by atoms with Gasteiger partial charge in [0.1, 0.15) is 0 Å². The first kappa shape index (κ1) is 30.5. The Balaban J connectivity index is 1.54. The predicted octanol–water partition coefficient (Wildman–Crippen LogP) is 5.33. The first-order valence-corrected chi connectivity index (χ1v) is 17.4. The van der Waals surface area contributed by atoms with Crippen LogP contribution in [0.2, 0.25) is 18.6 Å². The average Bonchev–Trinajstić information content (AvgIpc) is 3.40. The summed E-state index contributed by atoms with van der Waals surface area (Å²) in [4.78, 5) is 42.5. The average molecular weight is 606 g/mol. The van der Waals surface area contributed by atoms with E-state index in [1.165, 1.54) is 17.0 Å². The molecule has 226 valence electrons. The quantitative estimate of drug-likeness (QED) is 0.145. The number of hydrogen-bond acceptors (Lipinski definition) is 6. The number of carbonyl (C=O) groups is 2. The van der Waals surface area contributed by atoms with Gasteiger partial charge >= 0.3 is 0 Å². The number of benzene rings is 3. The number of rotatable bonds is 10. The van der Waals surface area contributed by atoms with E-state index in [2.05, 4.69) is 0 Å². The van der Waals surface area contributed by atoms with Crippen LogP contribution in [0.4, 0.5) is 15.5 Å². The maximum atomic E-state index is 16.2. The van der Waals surface area contributed by atoms with Crippen LogP contribution in [0.3, 0.4) is 0 Å². The lowest BCUT2D eigenvalue weighted by atomic mass is 9.82. The maximum absolute atomic E-state index is 16.2. The number of halogens is 1. The molecule has 0 unspecified atom stereocenters. The zero-order valence-corrected chi connectivity index (χ0v) is 25.5. The van der Waals surface area contributed by atoms with Crippen molar-refractivity contribution in [3.8, 4) is 0 Å². The molecule has 2 aliphatic rings. The minimum atomic E-state index is -3.57. The zero-order valence-electron chi connectivity index (χ0n) is 24.5. The van der Waals surface area contributed by atoms with E-state index >= 15 is 4.11 Å². The van der Waals surface area contributed by atoms with Gasteiger partial charge in [-0.05, 0) is 30.3 Å². The fourth-order valence-corrected chi connectivity index (χ4v) is 9.28. The third-order valence-corrected chi connectivity index (χ3v) is 11.1. The summed E-state index contributed by atoms with van der Waals surface area (Å²) < 4.78 is 22.8. The second-order valence-corrected chi connectivity index (χ2v) is 15.6. The predicted molar refractivity (Wildman–Crippen MR) is 162 cm³/mol. The smallest absolute Gasteiger partial charge is 0.269 e. The summed E-state index contributed by atoms with van der Waals surface area (Å²) in [5, 5.41) is 21.5. The van der Waals surface area contributed by atoms with Crippen molar-refractivity contribution in [2.75, 3.05) is 18.1 Å². The molecule has 0 aromatic heterocycles. The van der Waals surface area contributed by atoms with Crippen molar-refractivity contribution in [2.24, 2.45) is 5.92 Å². The van der Waals surface area contributed by atoms with Gasteiger partial charge in [0.05, 0.1) is 36.3 Å². The minimum absolute atomic E-state index is 0.0844. The summed E-state index contributed by atoms with van der Waals surface area (Å²) in [6, 6.07) is 23.0. The number of nitro groups is 1. The third kappa shape index (κ3) is 5.72. The SMILES string of the molecule is C[C@@H]1[C@@H]([Si](C)(C)F)[C@H](CC(=O)N(CCO)Cc2ccccc2)O[C@@]12C(=O)N(Cc1ccccc1)c1ccc([N+](=O)[O-])cc12. The number of non-ortho nitro benzene ring substituents is 1. The second-order valence-electron chi connectivity index (χ2n) is 11.8. The molecule has 2 amide bonds. The number of aliphatic hydroxyl groups excluding tert-OH is 1. The lowest BCUT2D eigenvalue weighted by Crippen LogP contribution is -2.45. The van der Waals surface area contributed by atoms with Crippen molar-refractivity contribution in [1.82, 2.24) is 4.90 Å². The maximum Gasteiger partial charge on any atom is 0.269 e. The summed E-state index contributed by atoms with van der Waals surface area (Å²) in [6.07, 6.45) is -1.14. The summed E-state index contributed by atoms with van der Waals surface area (Å²) in [5.41, 5.74) is -0.117. The second kappa shape index (κ2) is 12.0. The van der Waals surface area contributed by atoms with Crippen LogP contribution in [-0.4, -0.2) is 54.4 Å². The Labute approximate surface area is 251 Å². The number of aliphatic hydroxyl groups is 1.